The van der Waals surface area contributed by atoms with Crippen molar-refractivity contribution in [2.24, 2.45) is 0 Å². The lowest BCUT2D eigenvalue weighted by atomic mass is 9.90. The van der Waals surface area contributed by atoms with Crippen molar-refractivity contribution in [2.75, 3.05) is 37.7 Å². The molecule has 0 aromatic carbocycles. The molecule has 4 heterocycles. The van der Waals surface area contributed by atoms with E-state index in [0.717, 1.165) is 69.4 Å². The number of ether oxygens (including phenoxy) is 1. The lowest BCUT2D eigenvalue weighted by Gasteiger charge is -2.48. The molecule has 0 N–H and O–H groups in total. The van der Waals surface area contributed by atoms with Crippen LogP contribution in [0.1, 0.15) is 29.9 Å². The number of nitrogens with zero attached hydrogens (tertiary/aromatic N) is 4. The summed E-state index contributed by atoms with van der Waals surface area (Å²) in [5.41, 5.74) is 2.11. The number of anilines is 1. The number of pyridine rings is 1. The second kappa shape index (κ2) is 6.77. The second-order valence-electron chi connectivity index (χ2n) is 7.26. The molecule has 2 aromatic heterocycles. The van der Waals surface area contributed by atoms with Crippen molar-refractivity contribution < 1.29 is 9.26 Å². The topological polar surface area (TPSA) is 54.6 Å². The molecular weight excluding hydrogens is 316 g/mol. The van der Waals surface area contributed by atoms with Gasteiger partial charge in [0, 0.05) is 44.5 Å². The first-order valence-corrected chi connectivity index (χ1v) is 9.09. The summed E-state index contributed by atoms with van der Waals surface area (Å²) in [4.78, 5) is 9.37. The Kier molecular flexibility index (Phi) is 4.48. The van der Waals surface area contributed by atoms with Gasteiger partial charge in [-0.1, -0.05) is 11.2 Å². The van der Waals surface area contributed by atoms with E-state index in [9.17, 15) is 0 Å². The molecule has 2 saturated heterocycles. The van der Waals surface area contributed by atoms with E-state index in [1.165, 1.54) is 5.56 Å². The first-order chi connectivity index (χ1) is 12.2. The summed E-state index contributed by atoms with van der Waals surface area (Å²) in [6.07, 6.45) is 4.10. The van der Waals surface area contributed by atoms with Gasteiger partial charge in [0.15, 0.2) is 0 Å². The molecule has 0 radical (unpaired) electrons. The number of piperidine rings is 1. The van der Waals surface area contributed by atoms with Gasteiger partial charge in [0.2, 0.25) is 0 Å². The van der Waals surface area contributed by atoms with Crippen molar-refractivity contribution >= 4 is 5.82 Å². The van der Waals surface area contributed by atoms with Gasteiger partial charge in [-0.25, -0.2) is 4.98 Å². The summed E-state index contributed by atoms with van der Waals surface area (Å²) in [6, 6.07) is 6.10. The van der Waals surface area contributed by atoms with Gasteiger partial charge in [0.1, 0.15) is 11.6 Å². The lowest BCUT2D eigenvalue weighted by molar-refractivity contribution is -0.116. The fourth-order valence-corrected chi connectivity index (χ4v) is 4.09. The minimum Gasteiger partial charge on any atom is -0.370 e. The van der Waals surface area contributed by atoms with Gasteiger partial charge in [0.05, 0.1) is 17.9 Å². The first kappa shape index (κ1) is 16.5. The first-order valence-electron chi connectivity index (χ1n) is 9.09. The van der Waals surface area contributed by atoms with Crippen molar-refractivity contribution in [3.8, 4) is 0 Å². The Morgan fingerprint density at radius 1 is 1.20 bits per heavy atom. The summed E-state index contributed by atoms with van der Waals surface area (Å²) < 4.78 is 11.6. The number of rotatable bonds is 3. The normalized spacial score (nSPS) is 24.8. The highest BCUT2D eigenvalue weighted by molar-refractivity contribution is 5.39. The van der Waals surface area contributed by atoms with Gasteiger partial charge in [0.25, 0.3) is 0 Å². The fraction of sp³-hybridized carbons (Fsp3) is 0.579. The van der Waals surface area contributed by atoms with Gasteiger partial charge in [-0.2, -0.15) is 0 Å². The van der Waals surface area contributed by atoms with Crippen LogP contribution in [0.25, 0.3) is 0 Å². The molecule has 0 aliphatic carbocycles. The van der Waals surface area contributed by atoms with E-state index in [1.807, 2.05) is 26.1 Å². The van der Waals surface area contributed by atoms with E-state index in [-0.39, 0.29) is 5.60 Å². The fourth-order valence-electron chi connectivity index (χ4n) is 4.09. The Hall–Kier alpha value is -1.92. The molecule has 1 spiro atoms. The minimum atomic E-state index is -0.104. The van der Waals surface area contributed by atoms with E-state index in [0.29, 0.717) is 0 Å². The highest BCUT2D eigenvalue weighted by atomic mass is 16.5. The van der Waals surface area contributed by atoms with Gasteiger partial charge in [-0.15, -0.1) is 0 Å². The quantitative estimate of drug-likeness (QED) is 0.854. The molecule has 134 valence electrons. The molecule has 6 nitrogen and oxygen atoms in total. The third kappa shape index (κ3) is 3.41. The van der Waals surface area contributed by atoms with Crippen molar-refractivity contribution in [3.63, 3.8) is 0 Å². The predicted molar refractivity (Wildman–Crippen MR) is 95.6 cm³/mol. The van der Waals surface area contributed by atoms with Crippen LogP contribution >= 0.6 is 0 Å². The summed E-state index contributed by atoms with van der Waals surface area (Å²) in [5, 5.41) is 4.09. The van der Waals surface area contributed by atoms with Crippen molar-refractivity contribution in [1.29, 1.82) is 0 Å². The monoisotopic (exact) mass is 342 g/mol. The van der Waals surface area contributed by atoms with E-state index in [4.69, 9.17) is 9.26 Å². The number of hydrogen-bond donors (Lipinski definition) is 0. The smallest absolute Gasteiger partial charge is 0.138 e. The molecule has 6 heteroatoms. The number of aromatic nitrogens is 2. The Bertz CT molecular complexity index is 694. The molecule has 1 unspecified atom stereocenters. The highest BCUT2D eigenvalue weighted by Crippen LogP contribution is 2.31. The van der Waals surface area contributed by atoms with Crippen LogP contribution in [-0.2, 0) is 11.3 Å². The van der Waals surface area contributed by atoms with E-state index >= 15 is 0 Å². The zero-order chi connectivity index (χ0) is 17.3. The van der Waals surface area contributed by atoms with Gasteiger partial charge in [-0.3, -0.25) is 4.90 Å². The molecule has 25 heavy (non-hydrogen) atoms. The average molecular weight is 342 g/mol. The van der Waals surface area contributed by atoms with Crippen LogP contribution in [0.3, 0.4) is 0 Å². The van der Waals surface area contributed by atoms with Crippen LogP contribution < -0.4 is 4.90 Å². The van der Waals surface area contributed by atoms with Crippen molar-refractivity contribution in [2.45, 2.75) is 38.8 Å². The molecular formula is C19H26N4O2. The van der Waals surface area contributed by atoms with E-state index in [2.05, 4.69) is 32.1 Å². The molecule has 1 atom stereocenters. The number of aryl methyl sites for hydroxylation is 2. The lowest BCUT2D eigenvalue weighted by Crippen LogP contribution is -2.59. The molecule has 2 aromatic rings. The SMILES string of the molecule is Cc1noc(C)c1CN1CCOC2(CCCN(c3ccccn3)C2)C1. The Balaban J connectivity index is 1.48. The predicted octanol–water partition coefficient (Wildman–Crippen LogP) is 2.56. The van der Waals surface area contributed by atoms with Crippen molar-refractivity contribution in [3.05, 3.63) is 41.4 Å². The molecule has 2 fully saturated rings. The standard InChI is InChI=1S/C19H26N4O2/c1-15-17(16(2)25-21-15)12-22-10-11-24-19(13-22)7-5-9-23(14-19)18-6-3-4-8-20-18/h3-4,6,8H,5,7,9-14H2,1-2H3. The highest BCUT2D eigenvalue weighted by Gasteiger charge is 2.41. The third-order valence-electron chi connectivity index (χ3n) is 5.40. The van der Waals surface area contributed by atoms with Crippen LogP contribution in [0.5, 0.6) is 0 Å². The average Bonchev–Trinajstić information content (AvgIpc) is 2.95. The summed E-state index contributed by atoms with van der Waals surface area (Å²) in [6.45, 7) is 9.53. The Morgan fingerprint density at radius 3 is 2.88 bits per heavy atom. The zero-order valence-corrected chi connectivity index (χ0v) is 15.1. The van der Waals surface area contributed by atoms with Crippen molar-refractivity contribution in [1.82, 2.24) is 15.0 Å². The summed E-state index contributed by atoms with van der Waals surface area (Å²) >= 11 is 0. The molecule has 0 saturated carbocycles. The van der Waals surface area contributed by atoms with Crippen LogP contribution in [0, 0.1) is 13.8 Å². The van der Waals surface area contributed by atoms with Crippen LogP contribution in [-0.4, -0.2) is 53.4 Å². The van der Waals surface area contributed by atoms with Crippen LogP contribution in [0.15, 0.2) is 28.9 Å². The zero-order valence-electron chi connectivity index (χ0n) is 15.1. The molecule has 4 rings (SSSR count). The summed E-state index contributed by atoms with van der Waals surface area (Å²) in [5.74, 6) is 1.98. The maximum absolute atomic E-state index is 6.32. The maximum atomic E-state index is 6.32. The number of morpholine rings is 1. The minimum absolute atomic E-state index is 0.104. The molecule has 0 amide bonds. The number of hydrogen-bond acceptors (Lipinski definition) is 6. The van der Waals surface area contributed by atoms with Gasteiger partial charge in [-0.05, 0) is 38.8 Å². The maximum Gasteiger partial charge on any atom is 0.138 e. The molecule has 2 aliphatic heterocycles. The van der Waals surface area contributed by atoms with Crippen LogP contribution in [0.4, 0.5) is 5.82 Å². The van der Waals surface area contributed by atoms with E-state index < -0.39 is 0 Å². The van der Waals surface area contributed by atoms with Gasteiger partial charge < -0.3 is 14.2 Å². The Morgan fingerprint density at radius 2 is 2.12 bits per heavy atom. The largest absolute Gasteiger partial charge is 0.370 e. The molecule has 2 aliphatic rings. The summed E-state index contributed by atoms with van der Waals surface area (Å²) in [7, 11) is 0. The second-order valence-corrected chi connectivity index (χ2v) is 7.26. The van der Waals surface area contributed by atoms with E-state index in [1.54, 1.807) is 0 Å². The van der Waals surface area contributed by atoms with Crippen LogP contribution in [0.2, 0.25) is 0 Å². The van der Waals surface area contributed by atoms with Gasteiger partial charge >= 0.3 is 0 Å². The third-order valence-corrected chi connectivity index (χ3v) is 5.40. The molecule has 0 bridgehead atoms. The Labute approximate surface area is 148 Å².